The summed E-state index contributed by atoms with van der Waals surface area (Å²) in [7, 11) is 0. The van der Waals surface area contributed by atoms with E-state index in [0.717, 1.165) is 11.1 Å². The summed E-state index contributed by atoms with van der Waals surface area (Å²) in [6.07, 6.45) is 0.227. The first-order valence-corrected chi connectivity index (χ1v) is 9.21. The average molecular weight is 419 g/mol. The topological polar surface area (TPSA) is 82.3 Å². The number of carbonyl (C=O) groups is 2. The number of carbonyl (C=O) groups excluding carboxylic acids is 2. The van der Waals surface area contributed by atoms with Crippen LogP contribution in [0, 0.1) is 6.92 Å². The van der Waals surface area contributed by atoms with Crippen molar-refractivity contribution in [2.24, 2.45) is 0 Å². The second-order valence-corrected chi connectivity index (χ2v) is 6.93. The second-order valence-electron chi connectivity index (χ2n) is 6.09. The zero-order valence-corrected chi connectivity index (χ0v) is 16.5. The molecule has 0 radical (unpaired) electrons. The first-order chi connectivity index (χ1) is 13.4. The molecule has 0 aliphatic carbocycles. The summed E-state index contributed by atoms with van der Waals surface area (Å²) in [6.45, 7) is 1.58. The fourth-order valence-electron chi connectivity index (χ4n) is 2.40. The van der Waals surface area contributed by atoms with E-state index in [2.05, 4.69) is 10.1 Å². The van der Waals surface area contributed by atoms with Gasteiger partial charge >= 0.3 is 5.97 Å². The Hall–Kier alpha value is -2.70. The van der Waals surface area contributed by atoms with Crippen LogP contribution in [0.3, 0.4) is 0 Å². The van der Waals surface area contributed by atoms with E-state index in [1.54, 1.807) is 6.07 Å². The molecule has 0 N–H and O–H groups in total. The van der Waals surface area contributed by atoms with Crippen molar-refractivity contribution in [1.82, 2.24) is 10.1 Å². The van der Waals surface area contributed by atoms with Gasteiger partial charge in [-0.2, -0.15) is 4.98 Å². The zero-order valence-electron chi connectivity index (χ0n) is 14.9. The zero-order chi connectivity index (χ0) is 20.1. The second kappa shape index (κ2) is 8.99. The molecule has 0 aliphatic heterocycles. The van der Waals surface area contributed by atoms with Crippen LogP contribution in [0.5, 0.6) is 0 Å². The standard InChI is InChI=1S/C20H16Cl2N2O4/c1-12-2-4-13(5-3-12)20-23-18(28-24-20)8-9-19(26)27-11-17(25)15-7-6-14(21)10-16(15)22/h2-7,10H,8-9,11H2,1H3. The van der Waals surface area contributed by atoms with E-state index < -0.39 is 18.4 Å². The number of rotatable bonds is 7. The van der Waals surface area contributed by atoms with Crippen molar-refractivity contribution >= 4 is 35.0 Å². The summed E-state index contributed by atoms with van der Waals surface area (Å²) in [5.41, 5.74) is 2.21. The molecule has 1 heterocycles. The number of benzene rings is 2. The van der Waals surface area contributed by atoms with Crippen LogP contribution < -0.4 is 0 Å². The van der Waals surface area contributed by atoms with Gasteiger partial charge in [-0.25, -0.2) is 0 Å². The van der Waals surface area contributed by atoms with E-state index >= 15 is 0 Å². The quantitative estimate of drug-likeness (QED) is 0.408. The van der Waals surface area contributed by atoms with Crippen molar-refractivity contribution < 1.29 is 18.8 Å². The smallest absolute Gasteiger partial charge is 0.306 e. The molecule has 0 aliphatic rings. The van der Waals surface area contributed by atoms with Crippen molar-refractivity contribution in [3.8, 4) is 11.4 Å². The maximum atomic E-state index is 12.1. The first-order valence-electron chi connectivity index (χ1n) is 8.46. The van der Waals surface area contributed by atoms with Gasteiger partial charge < -0.3 is 9.26 Å². The Morgan fingerprint density at radius 1 is 1.11 bits per heavy atom. The van der Waals surface area contributed by atoms with E-state index in [9.17, 15) is 9.59 Å². The van der Waals surface area contributed by atoms with Crippen molar-refractivity contribution in [2.45, 2.75) is 19.8 Å². The Bertz CT molecular complexity index is 1000. The molecule has 0 spiro atoms. The highest BCUT2D eigenvalue weighted by molar-refractivity contribution is 6.36. The number of halogens is 2. The molecule has 0 fully saturated rings. The Morgan fingerprint density at radius 2 is 1.86 bits per heavy atom. The van der Waals surface area contributed by atoms with Crippen LogP contribution >= 0.6 is 23.2 Å². The van der Waals surface area contributed by atoms with Gasteiger partial charge in [-0.15, -0.1) is 0 Å². The average Bonchev–Trinajstić information content (AvgIpc) is 3.14. The number of hydrogen-bond acceptors (Lipinski definition) is 6. The van der Waals surface area contributed by atoms with E-state index in [0.29, 0.717) is 16.7 Å². The molecule has 0 saturated heterocycles. The van der Waals surface area contributed by atoms with Crippen LogP contribution in [0.15, 0.2) is 47.0 Å². The van der Waals surface area contributed by atoms with Crippen LogP contribution in [0.4, 0.5) is 0 Å². The number of ketones is 1. The highest BCUT2D eigenvalue weighted by Gasteiger charge is 2.15. The Kier molecular flexibility index (Phi) is 6.44. The lowest BCUT2D eigenvalue weighted by Crippen LogP contribution is -2.15. The summed E-state index contributed by atoms with van der Waals surface area (Å²) in [4.78, 5) is 28.2. The molecule has 2 aromatic carbocycles. The number of hydrogen-bond donors (Lipinski definition) is 0. The lowest BCUT2D eigenvalue weighted by Gasteiger charge is -2.05. The molecular weight excluding hydrogens is 403 g/mol. The molecule has 0 saturated carbocycles. The summed E-state index contributed by atoms with van der Waals surface area (Å²) in [5.74, 6) is -0.182. The minimum absolute atomic E-state index is 0.0111. The summed E-state index contributed by atoms with van der Waals surface area (Å²) in [5, 5.41) is 4.54. The fraction of sp³-hybridized carbons (Fsp3) is 0.200. The van der Waals surface area contributed by atoms with Gasteiger partial charge in [0.1, 0.15) is 0 Å². The number of aromatic nitrogens is 2. The highest BCUT2D eigenvalue weighted by Crippen LogP contribution is 2.21. The van der Waals surface area contributed by atoms with Gasteiger partial charge in [0.25, 0.3) is 0 Å². The molecular formula is C20H16Cl2N2O4. The lowest BCUT2D eigenvalue weighted by molar-refractivity contribution is -0.142. The van der Waals surface area contributed by atoms with Crippen LogP contribution in [0.25, 0.3) is 11.4 Å². The first kappa shape index (κ1) is 20.0. The lowest BCUT2D eigenvalue weighted by atomic mass is 10.1. The molecule has 3 rings (SSSR count). The molecule has 0 amide bonds. The van der Waals surface area contributed by atoms with Gasteiger partial charge in [-0.05, 0) is 25.1 Å². The molecule has 0 bridgehead atoms. The monoisotopic (exact) mass is 418 g/mol. The summed E-state index contributed by atoms with van der Waals surface area (Å²) >= 11 is 11.8. The third kappa shape index (κ3) is 5.18. The van der Waals surface area contributed by atoms with Crippen molar-refractivity contribution in [3.63, 3.8) is 0 Å². The van der Waals surface area contributed by atoms with Crippen LogP contribution in [-0.4, -0.2) is 28.5 Å². The minimum atomic E-state index is -0.548. The van der Waals surface area contributed by atoms with E-state index in [1.807, 2.05) is 31.2 Å². The molecule has 0 unspecified atom stereocenters. The number of aryl methyl sites for hydroxylation is 2. The molecule has 6 nitrogen and oxygen atoms in total. The van der Waals surface area contributed by atoms with Gasteiger partial charge in [-0.3, -0.25) is 9.59 Å². The number of ether oxygens (including phenoxy) is 1. The van der Waals surface area contributed by atoms with Crippen molar-refractivity contribution in [1.29, 1.82) is 0 Å². The maximum absolute atomic E-state index is 12.1. The summed E-state index contributed by atoms with van der Waals surface area (Å²) < 4.78 is 10.2. The minimum Gasteiger partial charge on any atom is -0.457 e. The van der Waals surface area contributed by atoms with Crippen molar-refractivity contribution in [2.75, 3.05) is 6.61 Å². The Labute approximate surface area is 171 Å². The number of esters is 1. The molecule has 0 atom stereocenters. The Morgan fingerprint density at radius 3 is 2.57 bits per heavy atom. The normalized spacial score (nSPS) is 10.7. The van der Waals surface area contributed by atoms with E-state index in [1.165, 1.54) is 12.1 Å². The molecule has 144 valence electrons. The maximum Gasteiger partial charge on any atom is 0.306 e. The van der Waals surface area contributed by atoms with Crippen molar-refractivity contribution in [3.05, 3.63) is 69.5 Å². The van der Waals surface area contributed by atoms with Gasteiger partial charge in [0.15, 0.2) is 6.61 Å². The fourth-order valence-corrected chi connectivity index (χ4v) is 2.91. The third-order valence-electron chi connectivity index (χ3n) is 3.92. The number of Topliss-reactive ketones (excluding diaryl/α,β-unsaturated/α-hetero) is 1. The summed E-state index contributed by atoms with van der Waals surface area (Å²) in [6, 6.07) is 12.2. The van der Waals surface area contributed by atoms with Gasteiger partial charge in [0.05, 0.1) is 11.4 Å². The van der Waals surface area contributed by atoms with E-state index in [-0.39, 0.29) is 23.4 Å². The van der Waals surface area contributed by atoms with Gasteiger partial charge in [0, 0.05) is 22.6 Å². The van der Waals surface area contributed by atoms with Gasteiger partial charge in [0.2, 0.25) is 17.5 Å². The highest BCUT2D eigenvalue weighted by atomic mass is 35.5. The van der Waals surface area contributed by atoms with Crippen LogP contribution in [-0.2, 0) is 16.0 Å². The van der Waals surface area contributed by atoms with Crippen LogP contribution in [0.2, 0.25) is 10.0 Å². The molecule has 3 aromatic rings. The SMILES string of the molecule is Cc1ccc(-c2noc(CCC(=O)OCC(=O)c3ccc(Cl)cc3Cl)n2)cc1. The molecule has 28 heavy (non-hydrogen) atoms. The largest absolute Gasteiger partial charge is 0.457 e. The van der Waals surface area contributed by atoms with E-state index in [4.69, 9.17) is 32.5 Å². The predicted octanol–water partition coefficient (Wildman–Crippen LogP) is 4.71. The molecule has 1 aromatic heterocycles. The predicted molar refractivity (Wildman–Crippen MR) is 105 cm³/mol. The van der Waals surface area contributed by atoms with Gasteiger partial charge in [-0.1, -0.05) is 58.2 Å². The Balaban J connectivity index is 1.49. The third-order valence-corrected chi connectivity index (χ3v) is 4.46. The number of nitrogens with zero attached hydrogens (tertiary/aromatic N) is 2. The van der Waals surface area contributed by atoms with Crippen LogP contribution in [0.1, 0.15) is 28.2 Å². The molecule has 8 heteroatoms.